The van der Waals surface area contributed by atoms with Crippen molar-refractivity contribution >= 4 is 0 Å². The fourth-order valence-corrected chi connectivity index (χ4v) is 2.82. The van der Waals surface area contributed by atoms with Crippen molar-refractivity contribution in [1.82, 2.24) is 19.7 Å². The van der Waals surface area contributed by atoms with Crippen molar-refractivity contribution in [1.29, 1.82) is 0 Å². The van der Waals surface area contributed by atoms with E-state index in [1.807, 2.05) is 14.0 Å². The summed E-state index contributed by atoms with van der Waals surface area (Å²) in [5.74, 6) is 2.08. The highest BCUT2D eigenvalue weighted by atomic mass is 15.3. The van der Waals surface area contributed by atoms with Crippen LogP contribution in [0.4, 0.5) is 0 Å². The van der Waals surface area contributed by atoms with Crippen LogP contribution >= 0.6 is 0 Å². The van der Waals surface area contributed by atoms with Crippen LogP contribution in [0, 0.1) is 6.92 Å². The van der Waals surface area contributed by atoms with Crippen molar-refractivity contribution in [2.45, 2.75) is 44.8 Å². The number of aryl methyl sites for hydroxylation is 1. The summed E-state index contributed by atoms with van der Waals surface area (Å²) in [5.41, 5.74) is 0. The van der Waals surface area contributed by atoms with Gasteiger partial charge in [0.1, 0.15) is 11.6 Å². The average molecular weight is 218 g/mol. The summed E-state index contributed by atoms with van der Waals surface area (Å²) in [6, 6.07) is 1.36. The van der Waals surface area contributed by atoms with E-state index >= 15 is 0 Å². The lowest BCUT2D eigenvalue weighted by Gasteiger charge is -2.30. The molecule has 4 heteroatoms. The van der Waals surface area contributed by atoms with Crippen LogP contribution in [0.2, 0.25) is 0 Å². The molecule has 0 aliphatic carbocycles. The monoisotopic (exact) mass is 218 g/mol. The van der Waals surface area contributed by atoms with Crippen LogP contribution in [-0.2, 0) is 13.6 Å². The lowest BCUT2D eigenvalue weighted by Crippen LogP contribution is -2.37. The van der Waals surface area contributed by atoms with E-state index in [0.29, 0.717) is 6.04 Å². The highest BCUT2D eigenvalue weighted by Gasteiger charge is 2.34. The van der Waals surface area contributed by atoms with Crippen molar-refractivity contribution in [3.8, 4) is 0 Å². The smallest absolute Gasteiger partial charge is 0.146 e. The van der Waals surface area contributed by atoms with Crippen LogP contribution < -0.4 is 0 Å². The first-order valence-corrected chi connectivity index (χ1v) is 6.03. The van der Waals surface area contributed by atoms with Crippen LogP contribution in [0.25, 0.3) is 0 Å². The van der Waals surface area contributed by atoms with Gasteiger partial charge in [0.15, 0.2) is 0 Å². The second-order valence-corrected chi connectivity index (χ2v) is 4.86. The molecule has 0 saturated carbocycles. The molecule has 3 rings (SSSR count). The molecular weight excluding hydrogens is 200 g/mol. The third-order valence-electron chi connectivity index (χ3n) is 3.96. The van der Waals surface area contributed by atoms with Gasteiger partial charge in [-0.3, -0.25) is 4.90 Å². The summed E-state index contributed by atoms with van der Waals surface area (Å²) in [6.07, 6.45) is 8.52. The fourth-order valence-electron chi connectivity index (χ4n) is 2.82. The number of rotatable bonds is 2. The lowest BCUT2D eigenvalue weighted by atomic mass is 10.1. The van der Waals surface area contributed by atoms with E-state index in [-0.39, 0.29) is 0 Å². The quantitative estimate of drug-likeness (QED) is 0.704. The molecule has 2 aliphatic rings. The molecule has 4 nitrogen and oxygen atoms in total. The Labute approximate surface area is 96.0 Å². The topological polar surface area (TPSA) is 34.0 Å². The lowest BCUT2D eigenvalue weighted by molar-refractivity contribution is 0.193. The van der Waals surface area contributed by atoms with Gasteiger partial charge in [0.25, 0.3) is 0 Å². The molecule has 3 heterocycles. The zero-order chi connectivity index (χ0) is 11.1. The van der Waals surface area contributed by atoms with E-state index < -0.39 is 0 Å². The van der Waals surface area contributed by atoms with E-state index in [1.165, 1.54) is 19.3 Å². The first kappa shape index (κ1) is 10.0. The second kappa shape index (κ2) is 3.70. The summed E-state index contributed by atoms with van der Waals surface area (Å²) in [5, 5.41) is 8.37. The van der Waals surface area contributed by atoms with Crippen LogP contribution in [-0.4, -0.2) is 31.7 Å². The molecule has 0 aromatic carbocycles. The summed E-state index contributed by atoms with van der Waals surface area (Å²) in [7, 11) is 2.05. The normalized spacial score (nSPS) is 28.9. The van der Waals surface area contributed by atoms with Gasteiger partial charge in [-0.15, -0.1) is 10.2 Å². The maximum absolute atomic E-state index is 4.25. The SMILES string of the molecule is Cc1nnc(CN2C3C=CCC2CC3)n1C. The minimum Gasteiger partial charge on any atom is -0.317 e. The molecule has 0 spiro atoms. The van der Waals surface area contributed by atoms with Crippen LogP contribution in [0.3, 0.4) is 0 Å². The first-order chi connectivity index (χ1) is 7.75. The predicted molar refractivity (Wildman–Crippen MR) is 61.9 cm³/mol. The van der Waals surface area contributed by atoms with Crippen LogP contribution in [0.15, 0.2) is 12.2 Å². The summed E-state index contributed by atoms with van der Waals surface area (Å²) in [4.78, 5) is 2.57. The van der Waals surface area contributed by atoms with Crippen molar-refractivity contribution in [2.75, 3.05) is 0 Å². The number of hydrogen-bond donors (Lipinski definition) is 0. The van der Waals surface area contributed by atoms with Gasteiger partial charge >= 0.3 is 0 Å². The Morgan fingerprint density at radius 1 is 1.38 bits per heavy atom. The van der Waals surface area contributed by atoms with E-state index in [1.54, 1.807) is 0 Å². The molecule has 1 aromatic rings. The van der Waals surface area contributed by atoms with Gasteiger partial charge in [0.2, 0.25) is 0 Å². The van der Waals surface area contributed by atoms with Crippen molar-refractivity contribution in [3.63, 3.8) is 0 Å². The molecule has 1 aromatic heterocycles. The maximum atomic E-state index is 4.25. The summed E-state index contributed by atoms with van der Waals surface area (Å²) >= 11 is 0. The minimum absolute atomic E-state index is 0.635. The zero-order valence-corrected chi connectivity index (χ0v) is 9.93. The van der Waals surface area contributed by atoms with E-state index in [0.717, 1.165) is 24.2 Å². The molecule has 2 unspecified atom stereocenters. The number of nitrogens with zero attached hydrogens (tertiary/aromatic N) is 4. The molecular formula is C12H18N4. The van der Waals surface area contributed by atoms with Gasteiger partial charge in [0, 0.05) is 19.1 Å². The Morgan fingerprint density at radius 3 is 2.94 bits per heavy atom. The molecule has 86 valence electrons. The van der Waals surface area contributed by atoms with Crippen molar-refractivity contribution < 1.29 is 0 Å². The first-order valence-electron chi connectivity index (χ1n) is 6.03. The highest BCUT2D eigenvalue weighted by molar-refractivity contribution is 5.09. The van der Waals surface area contributed by atoms with Gasteiger partial charge in [0.05, 0.1) is 6.54 Å². The average Bonchev–Trinajstić information content (AvgIpc) is 2.70. The molecule has 0 radical (unpaired) electrons. The largest absolute Gasteiger partial charge is 0.317 e. The zero-order valence-electron chi connectivity index (χ0n) is 9.93. The summed E-state index contributed by atoms with van der Waals surface area (Å²) in [6.45, 7) is 2.94. The molecule has 1 fully saturated rings. The van der Waals surface area contributed by atoms with Crippen molar-refractivity contribution in [3.05, 3.63) is 23.8 Å². The second-order valence-electron chi connectivity index (χ2n) is 4.86. The molecule has 0 N–H and O–H groups in total. The Kier molecular flexibility index (Phi) is 2.32. The molecule has 0 amide bonds. The van der Waals surface area contributed by atoms with Gasteiger partial charge in [-0.1, -0.05) is 12.2 Å². The van der Waals surface area contributed by atoms with E-state index in [2.05, 4.69) is 31.8 Å². The van der Waals surface area contributed by atoms with Gasteiger partial charge in [-0.2, -0.15) is 0 Å². The van der Waals surface area contributed by atoms with Gasteiger partial charge < -0.3 is 4.57 Å². The van der Waals surface area contributed by atoms with Gasteiger partial charge in [-0.05, 0) is 26.2 Å². The maximum Gasteiger partial charge on any atom is 0.146 e. The standard InChI is InChI=1S/C12H18N4/c1-9-13-14-12(15(9)2)8-16-10-4-3-5-11(16)7-6-10/h3-4,10-11H,5-8H2,1-2H3. The van der Waals surface area contributed by atoms with Crippen molar-refractivity contribution in [2.24, 2.45) is 7.05 Å². The Bertz CT molecular complexity index is 421. The third-order valence-corrected chi connectivity index (χ3v) is 3.96. The molecule has 2 atom stereocenters. The highest BCUT2D eigenvalue weighted by Crippen LogP contribution is 2.32. The number of hydrogen-bond acceptors (Lipinski definition) is 3. The molecule has 2 aliphatic heterocycles. The molecule has 1 saturated heterocycles. The fraction of sp³-hybridized carbons (Fsp3) is 0.667. The van der Waals surface area contributed by atoms with E-state index in [4.69, 9.17) is 0 Å². The summed E-state index contributed by atoms with van der Waals surface area (Å²) < 4.78 is 2.09. The number of aromatic nitrogens is 3. The predicted octanol–water partition coefficient (Wildman–Crippen LogP) is 1.42. The van der Waals surface area contributed by atoms with Crippen LogP contribution in [0.5, 0.6) is 0 Å². The Hall–Kier alpha value is -1.16. The number of fused-ring (bicyclic) bond motifs is 2. The minimum atomic E-state index is 0.635. The molecule has 16 heavy (non-hydrogen) atoms. The van der Waals surface area contributed by atoms with Gasteiger partial charge in [-0.25, -0.2) is 0 Å². The Morgan fingerprint density at radius 2 is 2.25 bits per heavy atom. The third kappa shape index (κ3) is 1.48. The van der Waals surface area contributed by atoms with E-state index in [9.17, 15) is 0 Å². The Balaban J connectivity index is 1.80. The molecule has 2 bridgehead atoms. The van der Waals surface area contributed by atoms with Crippen LogP contribution in [0.1, 0.15) is 30.9 Å².